The third-order valence-corrected chi connectivity index (χ3v) is 17.0. The van der Waals surface area contributed by atoms with Crippen LogP contribution >= 0.6 is 0 Å². The highest BCUT2D eigenvalue weighted by Crippen LogP contribution is 2.19. The highest BCUT2D eigenvalue weighted by Gasteiger charge is 2.20. The van der Waals surface area contributed by atoms with Crippen LogP contribution < -0.4 is 5.32 Å². The predicted molar refractivity (Wildman–Crippen MR) is 347 cm³/mol. The van der Waals surface area contributed by atoms with Crippen molar-refractivity contribution in [2.75, 3.05) is 13.2 Å². The summed E-state index contributed by atoms with van der Waals surface area (Å²) < 4.78 is 5.50. The molecule has 0 bridgehead atoms. The molecule has 0 aliphatic heterocycles. The van der Waals surface area contributed by atoms with Crippen molar-refractivity contribution in [1.29, 1.82) is 0 Å². The minimum atomic E-state index is -0.665. The third kappa shape index (κ3) is 65.4. The lowest BCUT2D eigenvalue weighted by atomic mass is 10.0. The maximum Gasteiger partial charge on any atom is 0.305 e. The van der Waals surface area contributed by atoms with Gasteiger partial charge in [0, 0.05) is 12.8 Å². The SMILES string of the molecule is CCCCC/C=C\C/C=C\CCCCCCCCCC(=O)OCCCCCCCCCCCCCCCCCCCCCCCCCC(=O)NC(CO)C(O)CCCCCCCCCCCCCCCCCCCCCCCC. The Morgan fingerprint density at radius 3 is 0.987 bits per heavy atom. The molecule has 6 nitrogen and oxygen atoms in total. The van der Waals surface area contributed by atoms with Crippen molar-refractivity contribution < 1.29 is 24.5 Å². The number of aliphatic hydroxyl groups excluding tert-OH is 2. The van der Waals surface area contributed by atoms with Crippen LogP contribution in [0.25, 0.3) is 0 Å². The summed E-state index contributed by atoms with van der Waals surface area (Å²) >= 11 is 0. The molecular weight excluding hydrogens is 971 g/mol. The van der Waals surface area contributed by atoms with Gasteiger partial charge in [-0.1, -0.05) is 359 Å². The van der Waals surface area contributed by atoms with Gasteiger partial charge in [-0.15, -0.1) is 0 Å². The van der Waals surface area contributed by atoms with Gasteiger partial charge in [0.05, 0.1) is 25.4 Å². The molecule has 0 heterocycles. The van der Waals surface area contributed by atoms with Crippen LogP contribution in [0.4, 0.5) is 0 Å². The van der Waals surface area contributed by atoms with E-state index in [1.807, 2.05) is 0 Å². The fourth-order valence-corrected chi connectivity index (χ4v) is 11.5. The van der Waals surface area contributed by atoms with Crippen molar-refractivity contribution >= 4 is 11.9 Å². The molecule has 2 unspecified atom stereocenters. The standard InChI is InChI=1S/C73H141NO5/c1-3-5-7-9-11-13-15-17-19-21-22-23-27-30-34-37-41-45-49-53-57-61-65-71(76)70(69-75)74-72(77)66-62-58-54-50-46-42-38-35-31-28-25-24-26-29-32-36-40-44-48-52-56-60-64-68-79-73(78)67-63-59-55-51-47-43-39-33-20-18-16-14-12-10-8-6-4-2/h12,14,18,20,70-71,75-76H,3-11,13,15-17,19,21-69H2,1-2H3,(H,74,77)/b14-12-,20-18-. The summed E-state index contributed by atoms with van der Waals surface area (Å²) in [5.74, 6) is -0.0221. The van der Waals surface area contributed by atoms with Gasteiger partial charge < -0.3 is 20.3 Å². The summed E-state index contributed by atoms with van der Waals surface area (Å²) in [7, 11) is 0. The molecule has 0 aromatic rings. The number of hydrogen-bond donors (Lipinski definition) is 3. The number of carbonyl (C=O) groups is 2. The summed E-state index contributed by atoms with van der Waals surface area (Å²) in [6, 6.07) is -0.542. The van der Waals surface area contributed by atoms with Crippen LogP contribution in [0, 0.1) is 0 Å². The van der Waals surface area contributed by atoms with Gasteiger partial charge in [-0.25, -0.2) is 0 Å². The summed E-state index contributed by atoms with van der Waals surface area (Å²) in [6.07, 6.45) is 86.5. The van der Waals surface area contributed by atoms with E-state index < -0.39 is 12.1 Å². The van der Waals surface area contributed by atoms with Gasteiger partial charge in [0.15, 0.2) is 0 Å². The van der Waals surface area contributed by atoms with Crippen LogP contribution in [0.2, 0.25) is 0 Å². The maximum atomic E-state index is 12.6. The van der Waals surface area contributed by atoms with E-state index in [4.69, 9.17) is 4.74 Å². The smallest absolute Gasteiger partial charge is 0.305 e. The lowest BCUT2D eigenvalue weighted by Crippen LogP contribution is -2.45. The van der Waals surface area contributed by atoms with Crippen LogP contribution in [0.1, 0.15) is 406 Å². The number of unbranched alkanes of at least 4 members (excludes halogenated alkanes) is 53. The number of nitrogens with one attached hydrogen (secondary N) is 1. The highest BCUT2D eigenvalue weighted by atomic mass is 16.5. The summed E-state index contributed by atoms with van der Waals surface area (Å²) in [5.41, 5.74) is 0. The molecule has 0 aliphatic carbocycles. The number of allylic oxidation sites excluding steroid dienone is 4. The Labute approximate surface area is 494 Å². The number of rotatable bonds is 68. The second-order valence-electron chi connectivity index (χ2n) is 24.9. The van der Waals surface area contributed by atoms with Crippen LogP contribution in [-0.2, 0) is 14.3 Å². The first-order valence-corrected chi connectivity index (χ1v) is 36.1. The van der Waals surface area contributed by atoms with Crippen molar-refractivity contribution in [3.63, 3.8) is 0 Å². The summed E-state index contributed by atoms with van der Waals surface area (Å²) in [6.45, 7) is 4.97. The molecule has 1 amide bonds. The molecule has 0 aromatic heterocycles. The van der Waals surface area contributed by atoms with E-state index in [0.29, 0.717) is 25.9 Å². The Hall–Kier alpha value is -1.66. The number of amides is 1. The molecule has 6 heteroatoms. The summed E-state index contributed by atoms with van der Waals surface area (Å²) in [5, 5.41) is 23.4. The Morgan fingerprint density at radius 1 is 0.354 bits per heavy atom. The Kier molecular flexibility index (Phi) is 67.4. The zero-order valence-corrected chi connectivity index (χ0v) is 53.6. The zero-order chi connectivity index (χ0) is 57.1. The molecule has 0 spiro atoms. The number of esters is 1. The Bertz CT molecular complexity index is 1230. The second kappa shape index (κ2) is 68.8. The van der Waals surface area contributed by atoms with Gasteiger partial charge in [0.2, 0.25) is 5.91 Å². The van der Waals surface area contributed by atoms with E-state index in [1.165, 1.54) is 321 Å². The average molecular weight is 1110 g/mol. The van der Waals surface area contributed by atoms with E-state index in [9.17, 15) is 19.8 Å². The molecular formula is C73H141NO5. The second-order valence-corrected chi connectivity index (χ2v) is 24.9. The molecule has 3 N–H and O–H groups in total. The lowest BCUT2D eigenvalue weighted by Gasteiger charge is -2.22. The average Bonchev–Trinajstić information content (AvgIpc) is 3.45. The van der Waals surface area contributed by atoms with Gasteiger partial charge in [0.1, 0.15) is 0 Å². The van der Waals surface area contributed by atoms with Crippen molar-refractivity contribution in [2.45, 2.75) is 418 Å². The van der Waals surface area contributed by atoms with E-state index in [-0.39, 0.29) is 18.5 Å². The molecule has 0 rings (SSSR count). The molecule has 0 radical (unpaired) electrons. The van der Waals surface area contributed by atoms with Gasteiger partial charge in [0.25, 0.3) is 0 Å². The van der Waals surface area contributed by atoms with Gasteiger partial charge in [-0.3, -0.25) is 9.59 Å². The van der Waals surface area contributed by atoms with Crippen molar-refractivity contribution in [2.24, 2.45) is 0 Å². The van der Waals surface area contributed by atoms with E-state index in [1.54, 1.807) is 0 Å². The van der Waals surface area contributed by atoms with E-state index >= 15 is 0 Å². The first kappa shape index (κ1) is 77.3. The van der Waals surface area contributed by atoms with Crippen molar-refractivity contribution in [3.8, 4) is 0 Å². The fraction of sp³-hybridized carbons (Fsp3) is 0.918. The van der Waals surface area contributed by atoms with Gasteiger partial charge >= 0.3 is 5.97 Å². The Balaban J connectivity index is 3.37. The van der Waals surface area contributed by atoms with Crippen molar-refractivity contribution in [3.05, 3.63) is 24.3 Å². The molecule has 468 valence electrons. The maximum absolute atomic E-state index is 12.6. The predicted octanol–water partition coefficient (Wildman–Crippen LogP) is 23.3. The van der Waals surface area contributed by atoms with Crippen LogP contribution in [-0.4, -0.2) is 47.4 Å². The molecule has 0 saturated heterocycles. The first-order valence-electron chi connectivity index (χ1n) is 36.1. The number of hydrogen-bond acceptors (Lipinski definition) is 5. The highest BCUT2D eigenvalue weighted by molar-refractivity contribution is 5.76. The van der Waals surface area contributed by atoms with Gasteiger partial charge in [-0.2, -0.15) is 0 Å². The first-order chi connectivity index (χ1) is 39.0. The van der Waals surface area contributed by atoms with Crippen LogP contribution in [0.15, 0.2) is 24.3 Å². The molecule has 0 aliphatic rings. The fourth-order valence-electron chi connectivity index (χ4n) is 11.5. The minimum absolute atomic E-state index is 0.00771. The quantitative estimate of drug-likeness (QED) is 0.0320. The number of carbonyl (C=O) groups excluding carboxylic acids is 2. The van der Waals surface area contributed by atoms with E-state index in [2.05, 4.69) is 43.5 Å². The van der Waals surface area contributed by atoms with E-state index in [0.717, 1.165) is 51.4 Å². The lowest BCUT2D eigenvalue weighted by molar-refractivity contribution is -0.143. The monoisotopic (exact) mass is 1110 g/mol. The largest absolute Gasteiger partial charge is 0.466 e. The Morgan fingerprint density at radius 2 is 0.633 bits per heavy atom. The minimum Gasteiger partial charge on any atom is -0.466 e. The number of aliphatic hydroxyl groups is 2. The third-order valence-electron chi connectivity index (χ3n) is 17.0. The van der Waals surface area contributed by atoms with Crippen molar-refractivity contribution in [1.82, 2.24) is 5.32 Å². The van der Waals surface area contributed by atoms with Crippen LogP contribution in [0.5, 0.6) is 0 Å². The number of ether oxygens (including phenoxy) is 1. The molecule has 2 atom stereocenters. The van der Waals surface area contributed by atoms with Crippen LogP contribution in [0.3, 0.4) is 0 Å². The molecule has 0 saturated carbocycles. The molecule has 0 fully saturated rings. The van der Waals surface area contributed by atoms with Gasteiger partial charge in [-0.05, 0) is 57.8 Å². The molecule has 79 heavy (non-hydrogen) atoms. The molecule has 0 aromatic carbocycles. The summed E-state index contributed by atoms with van der Waals surface area (Å²) in [4.78, 5) is 24.7. The topological polar surface area (TPSA) is 95.9 Å². The normalized spacial score (nSPS) is 12.6. The zero-order valence-electron chi connectivity index (χ0n) is 53.6.